The second-order valence-corrected chi connectivity index (χ2v) is 8.81. The Morgan fingerprint density at radius 2 is 1.39 bits per heavy atom. The highest BCUT2D eigenvalue weighted by atomic mass is 19.3. The van der Waals surface area contributed by atoms with Gasteiger partial charge in [0.15, 0.2) is 6.29 Å². The molecule has 0 unspecified atom stereocenters. The molecule has 3 fully saturated rings. The van der Waals surface area contributed by atoms with Crippen molar-refractivity contribution in [3.8, 4) is 0 Å². The molecule has 0 amide bonds. The van der Waals surface area contributed by atoms with Crippen LogP contribution in [0, 0.1) is 29.6 Å². The molecule has 0 bridgehead atoms. The van der Waals surface area contributed by atoms with Crippen molar-refractivity contribution >= 4 is 0 Å². The largest absolute Gasteiger partial charge is 0.376 e. The van der Waals surface area contributed by atoms with Crippen LogP contribution in [-0.4, -0.2) is 32.7 Å². The smallest absolute Gasteiger partial charge is 0.266 e. The van der Waals surface area contributed by atoms with Gasteiger partial charge < -0.3 is 14.2 Å². The van der Waals surface area contributed by atoms with Gasteiger partial charge in [-0.3, -0.25) is 0 Å². The summed E-state index contributed by atoms with van der Waals surface area (Å²) in [5, 5.41) is 0. The second kappa shape index (κ2) is 11.4. The topological polar surface area (TPSA) is 27.7 Å². The zero-order valence-corrected chi connectivity index (χ0v) is 17.0. The van der Waals surface area contributed by atoms with E-state index in [2.05, 4.69) is 6.58 Å². The lowest BCUT2D eigenvalue weighted by atomic mass is 9.67. The number of hydrogen-bond acceptors (Lipinski definition) is 3. The predicted molar refractivity (Wildman–Crippen MR) is 106 cm³/mol. The minimum Gasteiger partial charge on any atom is -0.376 e. The highest BCUT2D eigenvalue weighted by Gasteiger charge is 2.35. The van der Waals surface area contributed by atoms with Crippen molar-refractivity contribution in [1.82, 2.24) is 0 Å². The molecule has 1 heterocycles. The molecule has 3 nitrogen and oxygen atoms in total. The van der Waals surface area contributed by atoms with Crippen LogP contribution < -0.4 is 0 Å². The Balaban J connectivity index is 1.32. The Morgan fingerprint density at radius 1 is 0.857 bits per heavy atom. The van der Waals surface area contributed by atoms with Gasteiger partial charge >= 0.3 is 0 Å². The average Bonchev–Trinajstić information content (AvgIpc) is 2.72. The number of rotatable bonds is 8. The van der Waals surface area contributed by atoms with Crippen LogP contribution in [0.3, 0.4) is 0 Å². The fourth-order valence-corrected chi connectivity index (χ4v) is 5.32. The number of allylic oxidation sites excluding steroid dienone is 1. The lowest BCUT2D eigenvalue weighted by molar-refractivity contribution is -0.229. The molecule has 2 saturated carbocycles. The lowest BCUT2D eigenvalue weighted by Crippen LogP contribution is -2.39. The summed E-state index contributed by atoms with van der Waals surface area (Å²) in [6, 6.07) is 0. The summed E-state index contributed by atoms with van der Waals surface area (Å²) in [6.07, 6.45) is 11.3. The lowest BCUT2D eigenvalue weighted by Gasteiger charge is -2.41. The van der Waals surface area contributed by atoms with Crippen LogP contribution in [0.5, 0.6) is 0 Å². The monoisotopic (exact) mass is 398 g/mol. The van der Waals surface area contributed by atoms with Gasteiger partial charge in [0.05, 0.1) is 26.4 Å². The zero-order chi connectivity index (χ0) is 19.8. The third-order valence-electron chi connectivity index (χ3n) is 7.04. The molecular formula is C23H36F2O3. The fourth-order valence-electron chi connectivity index (χ4n) is 5.32. The first kappa shape index (κ1) is 21.9. The van der Waals surface area contributed by atoms with E-state index in [1.807, 2.05) is 6.08 Å². The Morgan fingerprint density at radius 3 is 1.93 bits per heavy atom. The second-order valence-electron chi connectivity index (χ2n) is 8.81. The van der Waals surface area contributed by atoms with E-state index >= 15 is 0 Å². The molecule has 2 aliphatic carbocycles. The summed E-state index contributed by atoms with van der Waals surface area (Å²) in [6.45, 7) is 6.40. The zero-order valence-electron chi connectivity index (χ0n) is 17.0. The van der Waals surface area contributed by atoms with Gasteiger partial charge in [-0.15, -0.1) is 6.58 Å². The number of hydrogen-bond donors (Lipinski definition) is 0. The average molecular weight is 399 g/mol. The van der Waals surface area contributed by atoms with Crippen molar-refractivity contribution in [3.63, 3.8) is 0 Å². The molecule has 0 atom stereocenters. The minimum absolute atomic E-state index is 0.0998. The maximum atomic E-state index is 12.4. The number of halogens is 2. The molecule has 3 aliphatic rings. The van der Waals surface area contributed by atoms with Crippen LogP contribution in [-0.2, 0) is 14.2 Å². The van der Waals surface area contributed by atoms with Crippen molar-refractivity contribution in [2.75, 3.05) is 26.4 Å². The molecule has 0 spiro atoms. The highest BCUT2D eigenvalue weighted by molar-refractivity contribution is 4.92. The van der Waals surface area contributed by atoms with Crippen molar-refractivity contribution in [1.29, 1.82) is 0 Å². The van der Waals surface area contributed by atoms with Crippen LogP contribution >= 0.6 is 0 Å². The molecule has 5 heteroatoms. The SMILES string of the molecule is C=CCCOCC1OCC(C2CCC(C3CCC(C=C(F)F)CC3)CC2)CO1. The van der Waals surface area contributed by atoms with Crippen LogP contribution in [0.4, 0.5) is 8.78 Å². The highest BCUT2D eigenvalue weighted by Crippen LogP contribution is 2.43. The van der Waals surface area contributed by atoms with Crippen molar-refractivity contribution in [3.05, 3.63) is 24.8 Å². The summed E-state index contributed by atoms with van der Waals surface area (Å²) in [7, 11) is 0. The Hall–Kier alpha value is -0.780. The van der Waals surface area contributed by atoms with Gasteiger partial charge in [0, 0.05) is 5.92 Å². The molecule has 1 aliphatic heterocycles. The molecule has 0 radical (unpaired) electrons. The van der Waals surface area contributed by atoms with E-state index in [9.17, 15) is 8.78 Å². The fraction of sp³-hybridized carbons (Fsp3) is 0.826. The van der Waals surface area contributed by atoms with Crippen molar-refractivity contribution in [2.45, 2.75) is 64.1 Å². The van der Waals surface area contributed by atoms with Gasteiger partial charge in [0.25, 0.3) is 6.08 Å². The van der Waals surface area contributed by atoms with E-state index in [-0.39, 0.29) is 12.2 Å². The number of ether oxygens (including phenoxy) is 3. The molecular weight excluding hydrogens is 362 g/mol. The van der Waals surface area contributed by atoms with E-state index in [1.165, 1.54) is 31.8 Å². The van der Waals surface area contributed by atoms with Gasteiger partial charge in [0.2, 0.25) is 0 Å². The Bertz CT molecular complexity index is 482. The van der Waals surface area contributed by atoms with Crippen LogP contribution in [0.2, 0.25) is 0 Å². The van der Waals surface area contributed by atoms with Crippen LogP contribution in [0.1, 0.15) is 57.8 Å². The van der Waals surface area contributed by atoms with Gasteiger partial charge in [-0.25, -0.2) is 0 Å². The van der Waals surface area contributed by atoms with E-state index in [0.717, 1.165) is 57.2 Å². The van der Waals surface area contributed by atoms with E-state index in [4.69, 9.17) is 14.2 Å². The first-order valence-electron chi connectivity index (χ1n) is 11.1. The standard InChI is InChI=1S/C23H36F2O3/c1-2-3-12-26-16-23-27-14-21(15-28-23)20-10-8-19(9-11-20)18-6-4-17(5-7-18)13-22(24)25/h2,13,17-21,23H,1,3-12,14-16H2. The maximum absolute atomic E-state index is 12.4. The molecule has 3 rings (SSSR count). The third-order valence-corrected chi connectivity index (χ3v) is 7.04. The normalized spacial score (nSPS) is 36.6. The first-order valence-corrected chi connectivity index (χ1v) is 11.1. The third kappa shape index (κ3) is 6.64. The first-order chi connectivity index (χ1) is 13.7. The summed E-state index contributed by atoms with van der Waals surface area (Å²) in [5.41, 5.74) is 0. The maximum Gasteiger partial charge on any atom is 0.266 e. The molecule has 1 saturated heterocycles. The van der Waals surface area contributed by atoms with Crippen LogP contribution in [0.25, 0.3) is 0 Å². The Kier molecular flexibility index (Phi) is 8.94. The minimum atomic E-state index is -1.51. The van der Waals surface area contributed by atoms with Crippen molar-refractivity contribution in [2.24, 2.45) is 29.6 Å². The summed E-state index contributed by atoms with van der Waals surface area (Å²) in [5.74, 6) is 2.82. The van der Waals surface area contributed by atoms with Gasteiger partial charge in [-0.2, -0.15) is 8.78 Å². The summed E-state index contributed by atoms with van der Waals surface area (Å²) < 4.78 is 42.2. The molecule has 0 N–H and O–H groups in total. The van der Waals surface area contributed by atoms with E-state index in [1.54, 1.807) is 0 Å². The van der Waals surface area contributed by atoms with Gasteiger partial charge in [-0.1, -0.05) is 6.08 Å². The molecule has 0 aromatic carbocycles. The molecule has 160 valence electrons. The predicted octanol–water partition coefficient (Wildman–Crippen LogP) is 5.96. The van der Waals surface area contributed by atoms with E-state index in [0.29, 0.717) is 25.0 Å². The van der Waals surface area contributed by atoms with Crippen LogP contribution in [0.15, 0.2) is 24.8 Å². The summed E-state index contributed by atoms with van der Waals surface area (Å²) >= 11 is 0. The van der Waals surface area contributed by atoms with Crippen molar-refractivity contribution < 1.29 is 23.0 Å². The molecule has 28 heavy (non-hydrogen) atoms. The van der Waals surface area contributed by atoms with E-state index < -0.39 is 6.08 Å². The Labute approximate surface area is 168 Å². The van der Waals surface area contributed by atoms with Gasteiger partial charge in [0.1, 0.15) is 0 Å². The summed E-state index contributed by atoms with van der Waals surface area (Å²) in [4.78, 5) is 0. The molecule has 0 aromatic rings. The van der Waals surface area contributed by atoms with Gasteiger partial charge in [-0.05, 0) is 87.5 Å². The quantitative estimate of drug-likeness (QED) is 0.373. The molecule has 0 aromatic heterocycles.